The van der Waals surface area contributed by atoms with Crippen LogP contribution in [0.4, 0.5) is 0 Å². The average molecular weight is 287 g/mol. The predicted octanol–water partition coefficient (Wildman–Crippen LogP) is 3.23. The molecule has 3 aromatic heterocycles. The van der Waals surface area contributed by atoms with Gasteiger partial charge in [-0.05, 0) is 43.2 Å². The van der Waals surface area contributed by atoms with Gasteiger partial charge in [0.2, 0.25) is 0 Å². The van der Waals surface area contributed by atoms with Crippen molar-refractivity contribution in [3.05, 3.63) is 53.2 Å². The van der Waals surface area contributed by atoms with Crippen LogP contribution in [-0.2, 0) is 12.4 Å². The minimum atomic E-state index is 0.375. The van der Waals surface area contributed by atoms with E-state index in [0.29, 0.717) is 12.4 Å². The lowest BCUT2D eigenvalue weighted by Crippen LogP contribution is -2.06. The summed E-state index contributed by atoms with van der Waals surface area (Å²) in [7, 11) is 0. The first-order chi connectivity index (χ1) is 9.69. The molecular weight excluding hydrogens is 272 g/mol. The Bertz CT molecular complexity index is 764. The van der Waals surface area contributed by atoms with E-state index >= 15 is 0 Å². The highest BCUT2D eigenvalue weighted by molar-refractivity contribution is 6.16. The second-order valence-electron chi connectivity index (χ2n) is 4.85. The third-order valence-corrected chi connectivity index (χ3v) is 3.63. The van der Waals surface area contributed by atoms with Crippen molar-refractivity contribution in [3.63, 3.8) is 0 Å². The summed E-state index contributed by atoms with van der Waals surface area (Å²) in [5.74, 6) is 1.22. The Morgan fingerprint density at radius 1 is 1.15 bits per heavy atom. The molecule has 0 saturated carbocycles. The highest BCUT2D eigenvalue weighted by Gasteiger charge is 2.12. The number of imidazole rings is 1. The summed E-state index contributed by atoms with van der Waals surface area (Å²) in [4.78, 5) is 13.3. The van der Waals surface area contributed by atoms with Gasteiger partial charge in [-0.25, -0.2) is 9.97 Å². The zero-order valence-electron chi connectivity index (χ0n) is 11.5. The van der Waals surface area contributed by atoms with Gasteiger partial charge in [0.15, 0.2) is 5.65 Å². The van der Waals surface area contributed by atoms with Gasteiger partial charge in [-0.15, -0.1) is 11.6 Å². The van der Waals surface area contributed by atoms with Crippen LogP contribution in [0.1, 0.15) is 22.6 Å². The normalized spacial score (nSPS) is 11.2. The summed E-state index contributed by atoms with van der Waals surface area (Å²) in [5.41, 5.74) is 5.11. The summed E-state index contributed by atoms with van der Waals surface area (Å²) in [6, 6.07) is 5.98. The Balaban J connectivity index is 2.14. The molecule has 0 aliphatic rings. The van der Waals surface area contributed by atoms with Crippen molar-refractivity contribution in [2.45, 2.75) is 26.3 Å². The minimum absolute atomic E-state index is 0.375. The molecule has 0 radical (unpaired) electrons. The minimum Gasteiger partial charge on any atom is -0.307 e. The zero-order chi connectivity index (χ0) is 14.1. The second kappa shape index (κ2) is 5.21. The molecule has 20 heavy (non-hydrogen) atoms. The molecule has 0 fully saturated rings. The number of nitrogens with zero attached hydrogens (tertiary/aromatic N) is 4. The maximum Gasteiger partial charge on any atom is 0.160 e. The number of aromatic nitrogens is 4. The van der Waals surface area contributed by atoms with Crippen LogP contribution < -0.4 is 0 Å². The molecule has 3 heterocycles. The molecule has 5 heteroatoms. The lowest BCUT2D eigenvalue weighted by molar-refractivity contribution is 0.763. The monoisotopic (exact) mass is 286 g/mol. The molecule has 0 aliphatic heterocycles. The molecule has 0 N–H and O–H groups in total. The van der Waals surface area contributed by atoms with Crippen LogP contribution in [0.2, 0.25) is 0 Å². The van der Waals surface area contributed by atoms with Crippen molar-refractivity contribution >= 4 is 22.8 Å². The van der Waals surface area contributed by atoms with Crippen LogP contribution in [-0.4, -0.2) is 19.5 Å². The number of rotatable bonds is 3. The van der Waals surface area contributed by atoms with E-state index in [4.69, 9.17) is 11.6 Å². The first-order valence-electron chi connectivity index (χ1n) is 6.47. The molecule has 4 nitrogen and oxygen atoms in total. The Hall–Kier alpha value is -1.94. The van der Waals surface area contributed by atoms with Crippen LogP contribution in [0.25, 0.3) is 11.2 Å². The molecular formula is C15H15ClN4. The Kier molecular flexibility index (Phi) is 3.40. The number of hydrogen-bond acceptors (Lipinski definition) is 3. The number of halogens is 1. The smallest absolute Gasteiger partial charge is 0.160 e. The van der Waals surface area contributed by atoms with E-state index in [0.717, 1.165) is 28.2 Å². The van der Waals surface area contributed by atoms with Crippen molar-refractivity contribution in [1.29, 1.82) is 0 Å². The third-order valence-electron chi connectivity index (χ3n) is 3.39. The van der Waals surface area contributed by atoms with Crippen LogP contribution >= 0.6 is 11.6 Å². The summed E-state index contributed by atoms with van der Waals surface area (Å²) >= 11 is 6.03. The number of aryl methyl sites for hydroxylation is 2. The molecule has 0 atom stereocenters. The highest BCUT2D eigenvalue weighted by atomic mass is 35.5. The van der Waals surface area contributed by atoms with Gasteiger partial charge >= 0.3 is 0 Å². The van der Waals surface area contributed by atoms with Gasteiger partial charge < -0.3 is 4.57 Å². The van der Waals surface area contributed by atoms with E-state index in [9.17, 15) is 0 Å². The Labute approximate surface area is 122 Å². The molecule has 0 saturated heterocycles. The lowest BCUT2D eigenvalue weighted by Gasteiger charge is -2.09. The SMILES string of the molecule is Cc1ccc2nc(CCl)n(Cc3ccncc3C)c2n1. The fourth-order valence-electron chi connectivity index (χ4n) is 2.26. The topological polar surface area (TPSA) is 43.6 Å². The zero-order valence-corrected chi connectivity index (χ0v) is 12.2. The van der Waals surface area contributed by atoms with Gasteiger partial charge in [0.25, 0.3) is 0 Å². The maximum atomic E-state index is 6.03. The molecule has 0 amide bonds. The summed E-state index contributed by atoms with van der Waals surface area (Å²) in [5, 5.41) is 0. The van der Waals surface area contributed by atoms with E-state index in [2.05, 4.69) is 26.4 Å². The molecule has 102 valence electrons. The van der Waals surface area contributed by atoms with Gasteiger partial charge in [0.1, 0.15) is 11.3 Å². The fraction of sp³-hybridized carbons (Fsp3) is 0.267. The van der Waals surface area contributed by atoms with E-state index in [1.165, 1.54) is 5.56 Å². The van der Waals surface area contributed by atoms with Gasteiger partial charge in [-0.2, -0.15) is 0 Å². The molecule has 0 spiro atoms. The molecule has 3 aromatic rings. The van der Waals surface area contributed by atoms with E-state index in [1.54, 1.807) is 6.20 Å². The van der Waals surface area contributed by atoms with Crippen molar-refractivity contribution in [2.24, 2.45) is 0 Å². The number of fused-ring (bicyclic) bond motifs is 1. The average Bonchev–Trinajstić information content (AvgIpc) is 2.79. The molecule has 3 rings (SSSR count). The van der Waals surface area contributed by atoms with E-state index in [1.807, 2.05) is 31.3 Å². The standard InChI is InChI=1S/C15H15ClN4/c1-10-8-17-6-5-12(10)9-20-14(7-16)19-13-4-3-11(2)18-15(13)20/h3-6,8H,7,9H2,1-2H3. The Morgan fingerprint density at radius 2 is 2.00 bits per heavy atom. The number of alkyl halides is 1. The van der Waals surface area contributed by atoms with Crippen molar-refractivity contribution in [3.8, 4) is 0 Å². The van der Waals surface area contributed by atoms with Crippen LogP contribution in [0.3, 0.4) is 0 Å². The van der Waals surface area contributed by atoms with Crippen LogP contribution in [0, 0.1) is 13.8 Å². The maximum absolute atomic E-state index is 6.03. The van der Waals surface area contributed by atoms with Gasteiger partial charge in [0.05, 0.1) is 12.4 Å². The molecule has 0 aliphatic carbocycles. The molecule has 0 bridgehead atoms. The van der Waals surface area contributed by atoms with Gasteiger partial charge in [-0.3, -0.25) is 4.98 Å². The fourth-order valence-corrected chi connectivity index (χ4v) is 2.47. The first kappa shape index (κ1) is 13.1. The largest absolute Gasteiger partial charge is 0.307 e. The van der Waals surface area contributed by atoms with Gasteiger partial charge in [0, 0.05) is 18.1 Å². The van der Waals surface area contributed by atoms with Crippen molar-refractivity contribution < 1.29 is 0 Å². The van der Waals surface area contributed by atoms with E-state index < -0.39 is 0 Å². The Morgan fingerprint density at radius 3 is 2.75 bits per heavy atom. The van der Waals surface area contributed by atoms with Crippen molar-refractivity contribution in [1.82, 2.24) is 19.5 Å². The van der Waals surface area contributed by atoms with Gasteiger partial charge in [-0.1, -0.05) is 0 Å². The number of hydrogen-bond donors (Lipinski definition) is 0. The first-order valence-corrected chi connectivity index (χ1v) is 7.00. The highest BCUT2D eigenvalue weighted by Crippen LogP contribution is 2.19. The number of pyridine rings is 2. The quantitative estimate of drug-likeness (QED) is 0.694. The predicted molar refractivity (Wildman–Crippen MR) is 79.9 cm³/mol. The lowest BCUT2D eigenvalue weighted by atomic mass is 10.1. The van der Waals surface area contributed by atoms with Crippen LogP contribution in [0.5, 0.6) is 0 Å². The summed E-state index contributed by atoms with van der Waals surface area (Å²) < 4.78 is 2.08. The molecule has 0 unspecified atom stereocenters. The van der Waals surface area contributed by atoms with E-state index in [-0.39, 0.29) is 0 Å². The summed E-state index contributed by atoms with van der Waals surface area (Å²) in [6.07, 6.45) is 3.67. The second-order valence-corrected chi connectivity index (χ2v) is 5.11. The molecule has 0 aromatic carbocycles. The van der Waals surface area contributed by atoms with Crippen LogP contribution in [0.15, 0.2) is 30.6 Å². The van der Waals surface area contributed by atoms with Crippen molar-refractivity contribution in [2.75, 3.05) is 0 Å². The summed E-state index contributed by atoms with van der Waals surface area (Å²) in [6.45, 7) is 4.75. The third kappa shape index (κ3) is 2.27.